The number of halogens is 2. The highest BCUT2D eigenvalue weighted by Gasteiger charge is 2.15. The molecule has 0 bridgehead atoms. The average Bonchev–Trinajstić information content (AvgIpc) is 3.15. The number of hydrogen-bond acceptors (Lipinski definition) is 6. The van der Waals surface area contributed by atoms with Crippen LogP contribution in [0.5, 0.6) is 11.5 Å². The van der Waals surface area contributed by atoms with Gasteiger partial charge in [0.05, 0.1) is 33.4 Å². The molecule has 10 heteroatoms. The standard InChI is InChI=1S/C22H28Br2N4O4/c1-13-21(23)15(3)27(25-13)9-17(29)11-31-19-5-7-20(8-6-19)32-12-18(30)10-28-16(4)22(24)14(2)26-28/h5-8,17-18,29-30H,9-12H2,1-4H3/t17-,18+. The van der Waals surface area contributed by atoms with Gasteiger partial charge < -0.3 is 19.7 Å². The fraction of sp³-hybridized carbons (Fsp3) is 0.455. The number of nitrogens with zero attached hydrogens (tertiary/aromatic N) is 4. The number of benzene rings is 1. The summed E-state index contributed by atoms with van der Waals surface area (Å²) in [5, 5.41) is 29.4. The third kappa shape index (κ3) is 6.12. The lowest BCUT2D eigenvalue weighted by Gasteiger charge is -2.15. The first-order valence-electron chi connectivity index (χ1n) is 10.3. The minimum absolute atomic E-state index is 0.146. The zero-order valence-corrected chi connectivity index (χ0v) is 21.7. The second-order valence-electron chi connectivity index (χ2n) is 7.73. The lowest BCUT2D eigenvalue weighted by atomic mass is 10.3. The van der Waals surface area contributed by atoms with Crippen molar-refractivity contribution in [2.75, 3.05) is 13.2 Å². The van der Waals surface area contributed by atoms with Crippen molar-refractivity contribution in [3.05, 3.63) is 56.0 Å². The Hall–Kier alpha value is -1.88. The molecule has 2 atom stereocenters. The molecule has 3 rings (SSSR count). The van der Waals surface area contributed by atoms with E-state index < -0.39 is 12.2 Å². The van der Waals surface area contributed by atoms with Gasteiger partial charge in [-0.05, 0) is 83.8 Å². The van der Waals surface area contributed by atoms with E-state index in [0.717, 1.165) is 31.7 Å². The van der Waals surface area contributed by atoms with E-state index in [2.05, 4.69) is 42.1 Å². The summed E-state index contributed by atoms with van der Waals surface area (Å²) in [6.07, 6.45) is -1.39. The zero-order valence-electron chi connectivity index (χ0n) is 18.5. The molecule has 0 aliphatic rings. The first kappa shape index (κ1) is 24.8. The monoisotopic (exact) mass is 570 g/mol. The van der Waals surface area contributed by atoms with Crippen LogP contribution in [0.25, 0.3) is 0 Å². The van der Waals surface area contributed by atoms with Crippen molar-refractivity contribution in [1.29, 1.82) is 0 Å². The molecule has 32 heavy (non-hydrogen) atoms. The molecule has 0 fully saturated rings. The minimum atomic E-state index is -0.694. The fourth-order valence-corrected chi connectivity index (χ4v) is 3.80. The van der Waals surface area contributed by atoms with Crippen molar-refractivity contribution in [2.24, 2.45) is 0 Å². The summed E-state index contributed by atoms with van der Waals surface area (Å²) < 4.78 is 16.8. The minimum Gasteiger partial charge on any atom is -0.491 e. The van der Waals surface area contributed by atoms with E-state index in [4.69, 9.17) is 9.47 Å². The van der Waals surface area contributed by atoms with Crippen LogP contribution in [0.2, 0.25) is 0 Å². The number of ether oxygens (including phenoxy) is 2. The smallest absolute Gasteiger partial charge is 0.119 e. The summed E-state index contributed by atoms with van der Waals surface area (Å²) in [6, 6.07) is 7.08. The van der Waals surface area contributed by atoms with Gasteiger partial charge in [0.1, 0.15) is 36.9 Å². The number of hydrogen-bond donors (Lipinski definition) is 2. The first-order chi connectivity index (χ1) is 15.2. The van der Waals surface area contributed by atoms with Gasteiger partial charge in [-0.3, -0.25) is 9.36 Å². The van der Waals surface area contributed by atoms with E-state index in [0.29, 0.717) is 24.6 Å². The summed E-state index contributed by atoms with van der Waals surface area (Å²) in [4.78, 5) is 0. The van der Waals surface area contributed by atoms with Crippen LogP contribution in [-0.2, 0) is 13.1 Å². The molecule has 0 amide bonds. The summed E-state index contributed by atoms with van der Waals surface area (Å²) in [5.74, 6) is 1.25. The van der Waals surface area contributed by atoms with Crippen LogP contribution in [0, 0.1) is 27.7 Å². The van der Waals surface area contributed by atoms with Crippen molar-refractivity contribution >= 4 is 31.9 Å². The summed E-state index contributed by atoms with van der Waals surface area (Å²) in [6.45, 7) is 8.72. The molecule has 0 aliphatic heterocycles. The highest BCUT2D eigenvalue weighted by molar-refractivity contribution is 9.10. The number of aromatic nitrogens is 4. The molecule has 0 radical (unpaired) electrons. The van der Waals surface area contributed by atoms with Crippen LogP contribution >= 0.6 is 31.9 Å². The molecule has 0 spiro atoms. The molecule has 1 aromatic carbocycles. The molecule has 3 aromatic rings. The Balaban J connectivity index is 1.44. The predicted octanol–water partition coefficient (Wildman–Crippen LogP) is 3.72. The summed E-state index contributed by atoms with van der Waals surface area (Å²) in [5.41, 5.74) is 3.71. The lowest BCUT2D eigenvalue weighted by molar-refractivity contribution is 0.0869. The van der Waals surface area contributed by atoms with Gasteiger partial charge in [-0.25, -0.2) is 0 Å². The van der Waals surface area contributed by atoms with Crippen LogP contribution in [0.4, 0.5) is 0 Å². The van der Waals surface area contributed by atoms with Gasteiger partial charge in [0.15, 0.2) is 0 Å². The molecule has 174 valence electrons. The lowest BCUT2D eigenvalue weighted by Crippen LogP contribution is -2.25. The van der Waals surface area contributed by atoms with Crippen molar-refractivity contribution in [3.63, 3.8) is 0 Å². The highest BCUT2D eigenvalue weighted by atomic mass is 79.9. The maximum atomic E-state index is 10.3. The van der Waals surface area contributed by atoms with Gasteiger partial charge in [-0.2, -0.15) is 10.2 Å². The SMILES string of the molecule is Cc1nn(C[C@H](O)COc2ccc(OC[C@H](O)Cn3nc(C)c(Br)c3C)cc2)c(C)c1Br. The van der Waals surface area contributed by atoms with Gasteiger partial charge in [0, 0.05) is 11.4 Å². The maximum Gasteiger partial charge on any atom is 0.119 e. The first-order valence-corrected chi connectivity index (χ1v) is 11.8. The second kappa shape index (κ2) is 10.8. The zero-order chi connectivity index (χ0) is 23.4. The van der Waals surface area contributed by atoms with Gasteiger partial charge in [0.25, 0.3) is 0 Å². The number of rotatable bonds is 10. The van der Waals surface area contributed by atoms with Crippen LogP contribution < -0.4 is 9.47 Å². The van der Waals surface area contributed by atoms with E-state index >= 15 is 0 Å². The predicted molar refractivity (Wildman–Crippen MR) is 128 cm³/mol. The van der Waals surface area contributed by atoms with Gasteiger partial charge >= 0.3 is 0 Å². The van der Waals surface area contributed by atoms with Crippen LogP contribution in [0.15, 0.2) is 33.2 Å². The average molecular weight is 572 g/mol. The van der Waals surface area contributed by atoms with E-state index in [1.54, 1.807) is 33.6 Å². The Morgan fingerprint density at radius 2 is 1.09 bits per heavy atom. The van der Waals surface area contributed by atoms with Crippen molar-refractivity contribution in [3.8, 4) is 11.5 Å². The molecular weight excluding hydrogens is 544 g/mol. The normalized spacial score (nSPS) is 13.2. The summed E-state index contributed by atoms with van der Waals surface area (Å²) >= 11 is 6.97. The molecular formula is C22H28Br2N4O4. The quantitative estimate of drug-likeness (QED) is 0.385. The van der Waals surface area contributed by atoms with Crippen molar-refractivity contribution < 1.29 is 19.7 Å². The third-order valence-electron chi connectivity index (χ3n) is 5.06. The van der Waals surface area contributed by atoms with Crippen LogP contribution in [-0.4, -0.2) is 55.2 Å². The van der Waals surface area contributed by atoms with Gasteiger partial charge in [-0.1, -0.05) is 0 Å². The van der Waals surface area contributed by atoms with E-state index in [-0.39, 0.29) is 13.2 Å². The molecule has 8 nitrogen and oxygen atoms in total. The topological polar surface area (TPSA) is 94.6 Å². The molecule has 0 saturated carbocycles. The third-order valence-corrected chi connectivity index (χ3v) is 7.36. The number of aryl methyl sites for hydroxylation is 2. The van der Waals surface area contributed by atoms with Crippen molar-refractivity contribution in [2.45, 2.75) is 53.0 Å². The molecule has 2 heterocycles. The molecule has 2 aromatic heterocycles. The molecule has 0 aliphatic carbocycles. The maximum absolute atomic E-state index is 10.3. The fourth-order valence-electron chi connectivity index (χ4n) is 3.23. The van der Waals surface area contributed by atoms with E-state index in [1.165, 1.54) is 0 Å². The highest BCUT2D eigenvalue weighted by Crippen LogP contribution is 2.22. The Morgan fingerprint density at radius 3 is 1.38 bits per heavy atom. The van der Waals surface area contributed by atoms with Gasteiger partial charge in [0.2, 0.25) is 0 Å². The Bertz CT molecular complexity index is 966. The van der Waals surface area contributed by atoms with Crippen LogP contribution in [0.3, 0.4) is 0 Å². The van der Waals surface area contributed by atoms with Crippen LogP contribution in [0.1, 0.15) is 22.8 Å². The molecule has 2 N–H and O–H groups in total. The summed E-state index contributed by atoms with van der Waals surface area (Å²) in [7, 11) is 0. The Labute approximate surface area is 204 Å². The second-order valence-corrected chi connectivity index (χ2v) is 9.32. The van der Waals surface area contributed by atoms with E-state index in [9.17, 15) is 10.2 Å². The number of aliphatic hydroxyl groups excluding tert-OH is 2. The van der Waals surface area contributed by atoms with Crippen molar-refractivity contribution in [1.82, 2.24) is 19.6 Å². The van der Waals surface area contributed by atoms with E-state index in [1.807, 2.05) is 27.7 Å². The Morgan fingerprint density at radius 1 is 0.750 bits per heavy atom. The van der Waals surface area contributed by atoms with Gasteiger partial charge in [-0.15, -0.1) is 0 Å². The Kier molecular flexibility index (Phi) is 8.37. The number of aliphatic hydroxyl groups is 2. The molecule has 0 saturated heterocycles. The molecule has 0 unspecified atom stereocenters. The largest absolute Gasteiger partial charge is 0.491 e.